The van der Waals surface area contributed by atoms with E-state index in [1.54, 1.807) is 0 Å². The van der Waals surface area contributed by atoms with Crippen LogP contribution in [0.4, 0.5) is 0 Å². The molecule has 0 bridgehead atoms. The summed E-state index contributed by atoms with van der Waals surface area (Å²) in [5.74, 6) is 0. The van der Waals surface area contributed by atoms with Gasteiger partial charge in [-0.3, -0.25) is 0 Å². The monoisotopic (exact) mass is 279 g/mol. The molecule has 0 heterocycles. The van der Waals surface area contributed by atoms with Crippen LogP contribution in [-0.4, -0.2) is 6.04 Å². The van der Waals surface area contributed by atoms with Crippen molar-refractivity contribution in [3.8, 4) is 0 Å². The molecule has 1 aliphatic rings. The Labute approximate surface area is 122 Å². The van der Waals surface area contributed by atoms with Crippen molar-refractivity contribution >= 4 is 11.6 Å². The van der Waals surface area contributed by atoms with Crippen LogP contribution in [0.5, 0.6) is 0 Å². The van der Waals surface area contributed by atoms with Gasteiger partial charge < -0.3 is 5.32 Å². The van der Waals surface area contributed by atoms with Gasteiger partial charge in [-0.05, 0) is 34.9 Å². The van der Waals surface area contributed by atoms with Crippen LogP contribution in [-0.2, 0) is 0 Å². The first kappa shape index (κ1) is 14.9. The second-order valence-corrected chi connectivity index (χ2v) is 7.37. The van der Waals surface area contributed by atoms with E-state index in [9.17, 15) is 0 Å². The Bertz CT molecular complexity index is 419. The molecular formula is C17H26ClN. The number of hydrogen-bond donors (Lipinski definition) is 1. The molecule has 0 aliphatic heterocycles. The van der Waals surface area contributed by atoms with Crippen LogP contribution in [0.1, 0.15) is 59.1 Å². The average molecular weight is 280 g/mol. The number of nitrogens with one attached hydrogen (secondary N) is 1. The van der Waals surface area contributed by atoms with Crippen molar-refractivity contribution in [1.82, 2.24) is 5.32 Å². The zero-order valence-corrected chi connectivity index (χ0v) is 13.5. The molecule has 1 aliphatic carbocycles. The topological polar surface area (TPSA) is 12.0 Å². The van der Waals surface area contributed by atoms with E-state index < -0.39 is 0 Å². The number of rotatable bonds is 5. The molecule has 19 heavy (non-hydrogen) atoms. The van der Waals surface area contributed by atoms with Gasteiger partial charge in [0.05, 0.1) is 0 Å². The first-order valence-electron chi connectivity index (χ1n) is 7.32. The minimum Gasteiger partial charge on any atom is -0.306 e. The van der Waals surface area contributed by atoms with E-state index in [1.165, 1.54) is 18.4 Å². The predicted molar refractivity (Wildman–Crippen MR) is 83.6 cm³/mol. The quantitative estimate of drug-likeness (QED) is 0.781. The highest BCUT2D eigenvalue weighted by Gasteiger charge is 2.64. The van der Waals surface area contributed by atoms with Crippen molar-refractivity contribution in [3.05, 3.63) is 34.9 Å². The third-order valence-corrected chi connectivity index (χ3v) is 5.49. The lowest BCUT2D eigenvalue weighted by atomic mass is 10.0. The minimum absolute atomic E-state index is 0.380. The Morgan fingerprint density at radius 3 is 2.05 bits per heavy atom. The maximum absolute atomic E-state index is 5.98. The summed E-state index contributed by atoms with van der Waals surface area (Å²) in [6.45, 7) is 11.7. The van der Waals surface area contributed by atoms with Gasteiger partial charge in [0.15, 0.2) is 0 Å². The molecule has 1 aromatic rings. The molecule has 0 amide bonds. The SMILES string of the molecule is CCCC(NC1C(C)(C)C1(C)C)c1ccc(Cl)cc1. The summed E-state index contributed by atoms with van der Waals surface area (Å²) in [4.78, 5) is 0. The van der Waals surface area contributed by atoms with Crippen molar-refractivity contribution in [3.63, 3.8) is 0 Å². The molecule has 0 spiro atoms. The summed E-state index contributed by atoms with van der Waals surface area (Å²) in [7, 11) is 0. The molecule has 0 aromatic heterocycles. The Morgan fingerprint density at radius 1 is 1.11 bits per heavy atom. The van der Waals surface area contributed by atoms with Gasteiger partial charge >= 0.3 is 0 Å². The molecule has 1 aromatic carbocycles. The Hall–Kier alpha value is -0.530. The fourth-order valence-electron chi connectivity index (χ4n) is 3.14. The van der Waals surface area contributed by atoms with Crippen LogP contribution in [0.3, 0.4) is 0 Å². The summed E-state index contributed by atoms with van der Waals surface area (Å²) in [5.41, 5.74) is 2.11. The fraction of sp³-hybridized carbons (Fsp3) is 0.647. The van der Waals surface area contributed by atoms with Crippen molar-refractivity contribution in [1.29, 1.82) is 0 Å². The summed E-state index contributed by atoms with van der Waals surface area (Å²) in [6, 6.07) is 9.31. The summed E-state index contributed by atoms with van der Waals surface area (Å²) < 4.78 is 0. The summed E-state index contributed by atoms with van der Waals surface area (Å²) >= 11 is 5.98. The van der Waals surface area contributed by atoms with Crippen molar-refractivity contribution in [2.24, 2.45) is 10.8 Å². The van der Waals surface area contributed by atoms with Crippen LogP contribution in [0, 0.1) is 10.8 Å². The standard InChI is InChI=1S/C17H26ClN/c1-6-7-14(12-8-10-13(18)11-9-12)19-15-16(2,3)17(15,4)5/h8-11,14-15,19H,6-7H2,1-5H3. The van der Waals surface area contributed by atoms with Crippen LogP contribution in [0.25, 0.3) is 0 Å². The molecule has 0 saturated heterocycles. The van der Waals surface area contributed by atoms with Crippen LogP contribution in [0.2, 0.25) is 5.02 Å². The highest BCUT2D eigenvalue weighted by molar-refractivity contribution is 6.30. The first-order valence-corrected chi connectivity index (χ1v) is 7.70. The molecule has 1 unspecified atom stereocenters. The van der Waals surface area contributed by atoms with Crippen molar-refractivity contribution < 1.29 is 0 Å². The van der Waals surface area contributed by atoms with E-state index in [0.717, 1.165) is 5.02 Å². The number of hydrogen-bond acceptors (Lipinski definition) is 1. The molecule has 1 fully saturated rings. The van der Waals surface area contributed by atoms with Gasteiger partial charge in [-0.25, -0.2) is 0 Å². The predicted octanol–water partition coefficient (Wildman–Crippen LogP) is 5.21. The van der Waals surface area contributed by atoms with Gasteiger partial charge in [-0.15, -0.1) is 0 Å². The smallest absolute Gasteiger partial charge is 0.0406 e. The molecule has 1 nitrogen and oxygen atoms in total. The lowest BCUT2D eigenvalue weighted by molar-refractivity contribution is 0.445. The third-order valence-electron chi connectivity index (χ3n) is 5.24. The van der Waals surface area contributed by atoms with Crippen molar-refractivity contribution in [2.45, 2.75) is 59.5 Å². The maximum atomic E-state index is 5.98. The van der Waals surface area contributed by atoms with Crippen LogP contribution < -0.4 is 5.32 Å². The zero-order valence-electron chi connectivity index (χ0n) is 12.8. The van der Waals surface area contributed by atoms with Gasteiger partial charge in [-0.2, -0.15) is 0 Å². The summed E-state index contributed by atoms with van der Waals surface area (Å²) in [6.07, 6.45) is 2.36. The van der Waals surface area contributed by atoms with Crippen molar-refractivity contribution in [2.75, 3.05) is 0 Å². The second-order valence-electron chi connectivity index (χ2n) is 6.94. The average Bonchev–Trinajstić information content (AvgIpc) is 2.72. The van der Waals surface area contributed by atoms with Gasteiger partial charge in [0.1, 0.15) is 0 Å². The van der Waals surface area contributed by atoms with E-state index in [2.05, 4.69) is 52.1 Å². The van der Waals surface area contributed by atoms with Gasteiger partial charge in [0.2, 0.25) is 0 Å². The van der Waals surface area contributed by atoms with E-state index >= 15 is 0 Å². The molecule has 106 valence electrons. The fourth-order valence-corrected chi connectivity index (χ4v) is 3.27. The third kappa shape index (κ3) is 2.68. The maximum Gasteiger partial charge on any atom is 0.0406 e. The molecule has 2 heteroatoms. The highest BCUT2D eigenvalue weighted by atomic mass is 35.5. The van der Waals surface area contributed by atoms with Gasteiger partial charge in [-0.1, -0.05) is 64.8 Å². The minimum atomic E-state index is 0.380. The van der Waals surface area contributed by atoms with Crippen LogP contribution in [0.15, 0.2) is 24.3 Å². The van der Waals surface area contributed by atoms with E-state index in [4.69, 9.17) is 11.6 Å². The molecular weight excluding hydrogens is 254 g/mol. The Kier molecular flexibility index (Phi) is 3.99. The Balaban J connectivity index is 2.12. The lowest BCUT2D eigenvalue weighted by Gasteiger charge is -2.20. The molecule has 0 radical (unpaired) electrons. The Morgan fingerprint density at radius 2 is 1.63 bits per heavy atom. The lowest BCUT2D eigenvalue weighted by Crippen LogP contribution is -2.27. The highest BCUT2D eigenvalue weighted by Crippen LogP contribution is 2.63. The van der Waals surface area contributed by atoms with E-state index in [0.29, 0.717) is 22.9 Å². The zero-order chi connectivity index (χ0) is 14.3. The molecule has 1 saturated carbocycles. The van der Waals surface area contributed by atoms with Gasteiger partial charge in [0.25, 0.3) is 0 Å². The molecule has 2 rings (SSSR count). The number of benzene rings is 1. The van der Waals surface area contributed by atoms with Gasteiger partial charge in [0, 0.05) is 17.1 Å². The number of halogens is 1. The normalized spacial score (nSPS) is 22.2. The molecule has 1 atom stereocenters. The summed E-state index contributed by atoms with van der Waals surface area (Å²) in [5, 5.41) is 4.68. The largest absolute Gasteiger partial charge is 0.306 e. The van der Waals surface area contributed by atoms with E-state index in [-0.39, 0.29) is 0 Å². The molecule has 1 N–H and O–H groups in total. The second kappa shape index (κ2) is 5.10. The van der Waals surface area contributed by atoms with Crippen LogP contribution >= 0.6 is 11.6 Å². The van der Waals surface area contributed by atoms with E-state index in [1.807, 2.05) is 12.1 Å². The first-order chi connectivity index (χ1) is 8.80.